The van der Waals surface area contributed by atoms with Crippen molar-refractivity contribution in [1.29, 1.82) is 0 Å². The number of Topliss-reactive ketones (excluding diaryl/α,β-unsaturated/α-hetero) is 1. The van der Waals surface area contributed by atoms with Crippen molar-refractivity contribution in [3.05, 3.63) is 42.2 Å². The summed E-state index contributed by atoms with van der Waals surface area (Å²) in [6.45, 7) is 2.06. The number of pyridine rings is 1. The Morgan fingerprint density at radius 1 is 1.29 bits per heavy atom. The normalized spacial score (nSPS) is 24.4. The first kappa shape index (κ1) is 10.5. The van der Waals surface area contributed by atoms with Crippen LogP contribution in [0.1, 0.15) is 31.2 Å². The van der Waals surface area contributed by atoms with Gasteiger partial charge < -0.3 is 0 Å². The third-order valence-corrected chi connectivity index (χ3v) is 3.93. The molecule has 1 aliphatic carbocycles. The highest BCUT2D eigenvalue weighted by Gasteiger charge is 2.32. The van der Waals surface area contributed by atoms with Gasteiger partial charge in [-0.3, -0.25) is 9.78 Å². The van der Waals surface area contributed by atoms with E-state index >= 15 is 0 Å². The van der Waals surface area contributed by atoms with Gasteiger partial charge in [-0.25, -0.2) is 0 Å². The molecule has 2 aromatic rings. The van der Waals surface area contributed by atoms with Crippen molar-refractivity contribution >= 4 is 16.6 Å². The number of benzene rings is 1. The Balaban J connectivity index is 2.15. The summed E-state index contributed by atoms with van der Waals surface area (Å²) in [5.74, 6) is 0.948. The first-order chi connectivity index (χ1) is 8.27. The molecule has 2 nitrogen and oxygen atoms in total. The second-order valence-corrected chi connectivity index (χ2v) is 4.84. The molecular formula is C15H15NO. The van der Waals surface area contributed by atoms with Gasteiger partial charge in [0.05, 0.1) is 0 Å². The summed E-state index contributed by atoms with van der Waals surface area (Å²) in [7, 11) is 0. The van der Waals surface area contributed by atoms with Gasteiger partial charge in [-0.2, -0.15) is 0 Å². The van der Waals surface area contributed by atoms with Crippen LogP contribution in [0.3, 0.4) is 0 Å². The second-order valence-electron chi connectivity index (χ2n) is 4.84. The molecule has 0 aliphatic heterocycles. The molecule has 1 aliphatic rings. The van der Waals surface area contributed by atoms with Crippen LogP contribution in [-0.2, 0) is 4.79 Å². The van der Waals surface area contributed by atoms with Gasteiger partial charge in [0.15, 0.2) is 0 Å². The zero-order chi connectivity index (χ0) is 11.8. The van der Waals surface area contributed by atoms with Crippen LogP contribution in [0, 0.1) is 5.92 Å². The van der Waals surface area contributed by atoms with Crippen LogP contribution in [0.25, 0.3) is 10.8 Å². The summed E-state index contributed by atoms with van der Waals surface area (Å²) in [6.07, 6.45) is 5.43. The van der Waals surface area contributed by atoms with E-state index in [0.29, 0.717) is 11.7 Å². The SMILES string of the molecule is CC1C(=O)CCC1c1cccc2cnccc12. The lowest BCUT2D eigenvalue weighted by Gasteiger charge is -2.16. The Labute approximate surface area is 101 Å². The van der Waals surface area contributed by atoms with Crippen molar-refractivity contribution in [3.63, 3.8) is 0 Å². The second kappa shape index (κ2) is 3.95. The average molecular weight is 225 g/mol. The number of hydrogen-bond acceptors (Lipinski definition) is 2. The Morgan fingerprint density at radius 2 is 2.18 bits per heavy atom. The van der Waals surface area contributed by atoms with Gasteiger partial charge in [-0.1, -0.05) is 25.1 Å². The van der Waals surface area contributed by atoms with E-state index in [2.05, 4.69) is 36.2 Å². The largest absolute Gasteiger partial charge is 0.299 e. The lowest BCUT2D eigenvalue weighted by atomic mass is 9.87. The average Bonchev–Trinajstić information content (AvgIpc) is 2.69. The topological polar surface area (TPSA) is 30.0 Å². The van der Waals surface area contributed by atoms with Crippen molar-refractivity contribution in [3.8, 4) is 0 Å². The van der Waals surface area contributed by atoms with Gasteiger partial charge in [0.2, 0.25) is 0 Å². The maximum Gasteiger partial charge on any atom is 0.136 e. The number of carbonyl (C=O) groups excluding carboxylic acids is 1. The van der Waals surface area contributed by atoms with Crippen LogP contribution in [0.15, 0.2) is 36.7 Å². The molecule has 1 fully saturated rings. The highest BCUT2D eigenvalue weighted by Crippen LogP contribution is 2.39. The van der Waals surface area contributed by atoms with E-state index in [9.17, 15) is 4.79 Å². The van der Waals surface area contributed by atoms with Crippen molar-refractivity contribution in [2.75, 3.05) is 0 Å². The maximum atomic E-state index is 11.7. The maximum absolute atomic E-state index is 11.7. The minimum atomic E-state index is 0.161. The van der Waals surface area contributed by atoms with Gasteiger partial charge in [-0.15, -0.1) is 0 Å². The van der Waals surface area contributed by atoms with Crippen molar-refractivity contribution in [1.82, 2.24) is 4.98 Å². The summed E-state index contributed by atoms with van der Waals surface area (Å²) < 4.78 is 0. The van der Waals surface area contributed by atoms with E-state index in [1.807, 2.05) is 12.4 Å². The van der Waals surface area contributed by atoms with E-state index in [4.69, 9.17) is 0 Å². The molecule has 2 atom stereocenters. The van der Waals surface area contributed by atoms with Crippen LogP contribution < -0.4 is 0 Å². The molecule has 1 saturated carbocycles. The van der Waals surface area contributed by atoms with Crippen LogP contribution >= 0.6 is 0 Å². The molecule has 1 aromatic carbocycles. The monoisotopic (exact) mass is 225 g/mol. The molecule has 17 heavy (non-hydrogen) atoms. The predicted molar refractivity (Wildman–Crippen MR) is 67.9 cm³/mol. The standard InChI is InChI=1S/C15H15NO/c1-10-12(5-6-15(10)17)14-4-2-3-11-9-16-8-7-13(11)14/h2-4,7-10,12H,5-6H2,1H3. The number of aromatic nitrogens is 1. The quantitative estimate of drug-likeness (QED) is 0.745. The van der Waals surface area contributed by atoms with Gasteiger partial charge in [0.25, 0.3) is 0 Å². The molecule has 0 amide bonds. The Kier molecular flexibility index (Phi) is 2.43. The van der Waals surface area contributed by atoms with Crippen LogP contribution in [0.5, 0.6) is 0 Å². The van der Waals surface area contributed by atoms with Crippen LogP contribution in [0.2, 0.25) is 0 Å². The van der Waals surface area contributed by atoms with Gasteiger partial charge in [0.1, 0.15) is 5.78 Å². The molecule has 1 aromatic heterocycles. The Bertz CT molecular complexity index is 571. The lowest BCUT2D eigenvalue weighted by Crippen LogP contribution is -2.09. The fourth-order valence-electron chi connectivity index (χ4n) is 2.90. The number of nitrogens with zero attached hydrogens (tertiary/aromatic N) is 1. The predicted octanol–water partition coefficient (Wildman–Crippen LogP) is 3.32. The van der Waals surface area contributed by atoms with E-state index in [-0.39, 0.29) is 5.92 Å². The van der Waals surface area contributed by atoms with Gasteiger partial charge in [0, 0.05) is 30.1 Å². The molecule has 0 radical (unpaired) electrons. The first-order valence-corrected chi connectivity index (χ1v) is 6.13. The number of carbonyl (C=O) groups is 1. The molecule has 0 spiro atoms. The number of rotatable bonds is 1. The van der Waals surface area contributed by atoms with Gasteiger partial charge in [-0.05, 0) is 29.4 Å². The summed E-state index contributed by atoms with van der Waals surface area (Å²) in [6, 6.07) is 8.35. The molecule has 2 heteroatoms. The van der Waals surface area contributed by atoms with Crippen LogP contribution in [0.4, 0.5) is 0 Å². The molecule has 86 valence electrons. The summed E-state index contributed by atoms with van der Waals surface area (Å²) in [5, 5.41) is 2.41. The number of fused-ring (bicyclic) bond motifs is 1. The smallest absolute Gasteiger partial charge is 0.136 e. The fraction of sp³-hybridized carbons (Fsp3) is 0.333. The molecule has 0 saturated heterocycles. The van der Waals surface area contributed by atoms with Crippen molar-refractivity contribution < 1.29 is 4.79 Å². The van der Waals surface area contributed by atoms with E-state index in [1.54, 1.807) is 0 Å². The van der Waals surface area contributed by atoms with Crippen molar-refractivity contribution in [2.24, 2.45) is 5.92 Å². The first-order valence-electron chi connectivity index (χ1n) is 6.13. The molecule has 2 unspecified atom stereocenters. The third kappa shape index (κ3) is 1.64. The van der Waals surface area contributed by atoms with E-state index in [1.165, 1.54) is 10.9 Å². The zero-order valence-electron chi connectivity index (χ0n) is 9.89. The summed E-state index contributed by atoms with van der Waals surface area (Å²) in [4.78, 5) is 15.8. The molecule has 0 N–H and O–H groups in total. The summed E-state index contributed by atoms with van der Waals surface area (Å²) >= 11 is 0. The molecule has 0 bridgehead atoms. The highest BCUT2D eigenvalue weighted by atomic mass is 16.1. The van der Waals surface area contributed by atoms with E-state index in [0.717, 1.165) is 18.2 Å². The van der Waals surface area contributed by atoms with E-state index < -0.39 is 0 Å². The third-order valence-electron chi connectivity index (χ3n) is 3.93. The Hall–Kier alpha value is -1.70. The summed E-state index contributed by atoms with van der Waals surface area (Å²) in [5.41, 5.74) is 1.31. The lowest BCUT2D eigenvalue weighted by molar-refractivity contribution is -0.120. The minimum Gasteiger partial charge on any atom is -0.299 e. The number of ketones is 1. The van der Waals surface area contributed by atoms with Gasteiger partial charge >= 0.3 is 0 Å². The zero-order valence-corrected chi connectivity index (χ0v) is 9.89. The highest BCUT2D eigenvalue weighted by molar-refractivity contribution is 5.89. The number of hydrogen-bond donors (Lipinski definition) is 0. The fourth-order valence-corrected chi connectivity index (χ4v) is 2.90. The van der Waals surface area contributed by atoms with Crippen molar-refractivity contribution in [2.45, 2.75) is 25.7 Å². The molecular weight excluding hydrogens is 210 g/mol. The molecule has 3 rings (SSSR count). The van der Waals surface area contributed by atoms with Crippen LogP contribution in [-0.4, -0.2) is 10.8 Å². The Morgan fingerprint density at radius 3 is 2.94 bits per heavy atom. The molecule has 1 heterocycles. The minimum absolute atomic E-state index is 0.161.